The van der Waals surface area contributed by atoms with Crippen LogP contribution in [0.4, 0.5) is 35.1 Å². The predicted octanol–water partition coefficient (Wildman–Crippen LogP) is 3.47. The van der Waals surface area contributed by atoms with Crippen molar-refractivity contribution in [2.45, 2.75) is 50.2 Å². The Bertz CT molecular complexity index is 560. The Hall–Kier alpha value is -1.39. The highest BCUT2D eigenvalue weighted by molar-refractivity contribution is 5.38. The maximum atomic E-state index is 13.4. The third-order valence-corrected chi connectivity index (χ3v) is 3.27. The van der Waals surface area contributed by atoms with Crippen LogP contribution in [0, 0.1) is 0 Å². The molecule has 1 heterocycles. The first-order valence-corrected chi connectivity index (χ1v) is 6.12. The van der Waals surface area contributed by atoms with Crippen LogP contribution in [0.15, 0.2) is 0 Å². The summed E-state index contributed by atoms with van der Waals surface area (Å²) in [5.41, 5.74) is -3.31. The van der Waals surface area contributed by atoms with Crippen molar-refractivity contribution in [3.8, 4) is 0 Å². The molecule has 126 valence electrons. The third-order valence-electron chi connectivity index (χ3n) is 3.27. The molecule has 0 aromatic carbocycles. The standard InChI is InChI=1S/C11H10F8N2O/c12-9(13)4-5-6(8(9)22)7(11(17,18)19)20-21(5)3-1-2-10(14,15)16/h8,22H,1-4H2/t8-/m0/s1. The monoisotopic (exact) mass is 338 g/mol. The van der Waals surface area contributed by atoms with E-state index in [2.05, 4.69) is 5.10 Å². The van der Waals surface area contributed by atoms with Gasteiger partial charge in [0.15, 0.2) is 5.69 Å². The molecular weight excluding hydrogens is 328 g/mol. The summed E-state index contributed by atoms with van der Waals surface area (Å²) in [5, 5.41) is 12.4. The first-order chi connectivity index (χ1) is 9.83. The van der Waals surface area contributed by atoms with E-state index in [-0.39, 0.29) is 0 Å². The summed E-state index contributed by atoms with van der Waals surface area (Å²) >= 11 is 0. The van der Waals surface area contributed by atoms with Crippen molar-refractivity contribution >= 4 is 0 Å². The molecule has 0 saturated carbocycles. The van der Waals surface area contributed by atoms with Crippen LogP contribution in [0.25, 0.3) is 0 Å². The van der Waals surface area contributed by atoms with E-state index in [4.69, 9.17) is 0 Å². The lowest BCUT2D eigenvalue weighted by Crippen LogP contribution is -2.25. The molecule has 1 aliphatic carbocycles. The van der Waals surface area contributed by atoms with E-state index in [0.29, 0.717) is 4.68 Å². The zero-order valence-electron chi connectivity index (χ0n) is 10.8. The molecule has 1 aliphatic rings. The van der Waals surface area contributed by atoms with E-state index in [9.17, 15) is 40.2 Å². The van der Waals surface area contributed by atoms with Crippen LogP contribution in [0.1, 0.15) is 35.9 Å². The Morgan fingerprint density at radius 3 is 2.27 bits per heavy atom. The minimum Gasteiger partial charge on any atom is -0.382 e. The number of nitrogens with zero attached hydrogens (tertiary/aromatic N) is 2. The quantitative estimate of drug-likeness (QED) is 0.857. The van der Waals surface area contributed by atoms with Gasteiger partial charge in [-0.05, 0) is 6.42 Å². The molecule has 0 spiro atoms. The molecule has 1 N–H and O–H groups in total. The summed E-state index contributed by atoms with van der Waals surface area (Å²) in [6, 6.07) is 0. The SMILES string of the molecule is O[C@H]1c2c(C(F)(F)F)nn(CCCC(F)(F)F)c2CC1(F)F. The maximum absolute atomic E-state index is 13.4. The first kappa shape index (κ1) is 17.0. The summed E-state index contributed by atoms with van der Waals surface area (Å²) < 4.78 is 102. The molecule has 0 fully saturated rings. The van der Waals surface area contributed by atoms with Crippen LogP contribution in [-0.2, 0) is 19.1 Å². The van der Waals surface area contributed by atoms with Crippen molar-refractivity contribution in [2.24, 2.45) is 0 Å². The first-order valence-electron chi connectivity index (χ1n) is 6.12. The molecule has 11 heteroatoms. The summed E-state index contributed by atoms with van der Waals surface area (Å²) in [4.78, 5) is 0. The van der Waals surface area contributed by atoms with Gasteiger partial charge in [0.25, 0.3) is 5.92 Å². The highest BCUT2D eigenvalue weighted by Crippen LogP contribution is 2.48. The molecule has 22 heavy (non-hydrogen) atoms. The van der Waals surface area contributed by atoms with Crippen LogP contribution in [0.3, 0.4) is 0 Å². The number of aromatic nitrogens is 2. The Morgan fingerprint density at radius 2 is 1.77 bits per heavy atom. The Labute approximate surface area is 118 Å². The Morgan fingerprint density at radius 1 is 1.18 bits per heavy atom. The smallest absolute Gasteiger partial charge is 0.382 e. The van der Waals surface area contributed by atoms with Crippen molar-refractivity contribution in [1.29, 1.82) is 0 Å². The van der Waals surface area contributed by atoms with Crippen LogP contribution in [0.2, 0.25) is 0 Å². The number of aryl methyl sites for hydroxylation is 1. The average Bonchev–Trinajstić information content (AvgIpc) is 2.74. The lowest BCUT2D eigenvalue weighted by Gasteiger charge is -2.15. The van der Waals surface area contributed by atoms with Crippen LogP contribution in [0.5, 0.6) is 0 Å². The molecule has 0 radical (unpaired) electrons. The van der Waals surface area contributed by atoms with Gasteiger partial charge in [0.05, 0.1) is 12.1 Å². The number of fused-ring (bicyclic) bond motifs is 1. The van der Waals surface area contributed by atoms with E-state index in [1.54, 1.807) is 0 Å². The molecule has 0 amide bonds. The summed E-state index contributed by atoms with van der Waals surface area (Å²) in [5.74, 6) is -3.81. The van der Waals surface area contributed by atoms with E-state index >= 15 is 0 Å². The molecule has 1 atom stereocenters. The number of rotatable bonds is 3. The van der Waals surface area contributed by atoms with Crippen molar-refractivity contribution in [2.75, 3.05) is 0 Å². The summed E-state index contributed by atoms with van der Waals surface area (Å²) in [6.45, 7) is -0.597. The molecule has 0 aliphatic heterocycles. The van der Waals surface area contributed by atoms with Crippen LogP contribution < -0.4 is 0 Å². The number of halogens is 8. The zero-order chi connectivity index (χ0) is 16.9. The number of aliphatic hydroxyl groups is 1. The van der Waals surface area contributed by atoms with Gasteiger partial charge in [-0.15, -0.1) is 0 Å². The molecule has 3 nitrogen and oxygen atoms in total. The molecular formula is C11H10F8N2O. The molecule has 0 saturated heterocycles. The lowest BCUT2D eigenvalue weighted by molar-refractivity contribution is -0.147. The van der Waals surface area contributed by atoms with E-state index in [1.165, 1.54) is 0 Å². The predicted molar refractivity (Wildman–Crippen MR) is 56.1 cm³/mol. The van der Waals surface area contributed by atoms with Gasteiger partial charge in [0, 0.05) is 18.5 Å². The molecule has 2 rings (SSSR count). The fraction of sp³-hybridized carbons (Fsp3) is 0.727. The second-order valence-electron chi connectivity index (χ2n) is 4.99. The van der Waals surface area contributed by atoms with Crippen molar-refractivity contribution < 1.29 is 40.2 Å². The van der Waals surface area contributed by atoms with Gasteiger partial charge in [-0.3, -0.25) is 4.68 Å². The fourth-order valence-electron chi connectivity index (χ4n) is 2.34. The zero-order valence-corrected chi connectivity index (χ0v) is 10.8. The molecule has 1 aromatic heterocycles. The third kappa shape index (κ3) is 3.18. The van der Waals surface area contributed by atoms with Gasteiger partial charge in [-0.1, -0.05) is 0 Å². The Kier molecular flexibility index (Phi) is 3.91. The van der Waals surface area contributed by atoms with Gasteiger partial charge in [0.1, 0.15) is 6.10 Å². The van der Waals surface area contributed by atoms with Crippen molar-refractivity contribution in [3.05, 3.63) is 17.0 Å². The summed E-state index contributed by atoms with van der Waals surface area (Å²) in [7, 11) is 0. The largest absolute Gasteiger partial charge is 0.435 e. The number of hydrogen-bond donors (Lipinski definition) is 1. The van der Waals surface area contributed by atoms with Gasteiger partial charge < -0.3 is 5.11 Å². The number of hydrogen-bond acceptors (Lipinski definition) is 2. The molecule has 1 aromatic rings. The van der Waals surface area contributed by atoms with Crippen molar-refractivity contribution in [1.82, 2.24) is 9.78 Å². The van der Waals surface area contributed by atoms with Gasteiger partial charge >= 0.3 is 12.4 Å². The minimum absolute atomic E-state index is 0.480. The van der Waals surface area contributed by atoms with Gasteiger partial charge in [-0.25, -0.2) is 8.78 Å². The topological polar surface area (TPSA) is 38.1 Å². The molecule has 0 unspecified atom stereocenters. The second-order valence-corrected chi connectivity index (χ2v) is 4.99. The Balaban J connectivity index is 2.32. The minimum atomic E-state index is -5.08. The van der Waals surface area contributed by atoms with Gasteiger partial charge in [0.2, 0.25) is 0 Å². The lowest BCUT2D eigenvalue weighted by atomic mass is 10.1. The van der Waals surface area contributed by atoms with E-state index < -0.39 is 67.1 Å². The van der Waals surface area contributed by atoms with Gasteiger partial charge in [-0.2, -0.15) is 31.4 Å². The second kappa shape index (κ2) is 5.07. The summed E-state index contributed by atoms with van der Waals surface area (Å²) in [6.07, 6.45) is -15.3. The van der Waals surface area contributed by atoms with E-state index in [0.717, 1.165) is 0 Å². The molecule has 0 bridgehead atoms. The highest BCUT2D eigenvalue weighted by atomic mass is 19.4. The maximum Gasteiger partial charge on any atom is 0.435 e. The van der Waals surface area contributed by atoms with Crippen LogP contribution >= 0.6 is 0 Å². The fourth-order valence-corrected chi connectivity index (χ4v) is 2.34. The number of alkyl halides is 8. The van der Waals surface area contributed by atoms with Crippen LogP contribution in [-0.4, -0.2) is 27.0 Å². The van der Waals surface area contributed by atoms with E-state index in [1.807, 2.05) is 0 Å². The highest BCUT2D eigenvalue weighted by Gasteiger charge is 2.54. The number of aliphatic hydroxyl groups excluding tert-OH is 1. The normalized spacial score (nSPS) is 21.2. The van der Waals surface area contributed by atoms with Crippen molar-refractivity contribution in [3.63, 3.8) is 0 Å². The average molecular weight is 338 g/mol.